The Morgan fingerprint density at radius 2 is 2.00 bits per heavy atom. The van der Waals surface area contributed by atoms with Gasteiger partial charge >= 0.3 is 5.97 Å². The lowest BCUT2D eigenvalue weighted by Gasteiger charge is -2.25. The number of carbonyl (C=O) groups is 2. The van der Waals surface area contributed by atoms with Crippen LogP contribution in [0.3, 0.4) is 0 Å². The summed E-state index contributed by atoms with van der Waals surface area (Å²) in [6.45, 7) is 3.91. The van der Waals surface area contributed by atoms with Crippen LogP contribution in [0.15, 0.2) is 29.8 Å². The molecule has 112 valence electrons. The fraction of sp³-hybridized carbons (Fsp3) is 0.375. The molecule has 0 saturated heterocycles. The van der Waals surface area contributed by atoms with E-state index in [1.54, 1.807) is 6.92 Å². The minimum Gasteiger partial charge on any atom is -0.491 e. The van der Waals surface area contributed by atoms with E-state index < -0.39 is 11.8 Å². The average Bonchev–Trinajstić information content (AvgIpc) is 2.48. The number of esters is 1. The zero-order chi connectivity index (χ0) is 15.4. The van der Waals surface area contributed by atoms with Crippen molar-refractivity contribution in [3.63, 3.8) is 0 Å². The molecule has 2 rings (SSSR count). The van der Waals surface area contributed by atoms with Crippen LogP contribution in [0.4, 0.5) is 4.39 Å². The summed E-state index contributed by atoms with van der Waals surface area (Å²) in [6.07, 6.45) is 0.582. The van der Waals surface area contributed by atoms with Crippen LogP contribution in [0, 0.1) is 11.7 Å². The summed E-state index contributed by atoms with van der Waals surface area (Å²) in [7, 11) is 0. The third kappa shape index (κ3) is 3.12. The zero-order valence-electron chi connectivity index (χ0n) is 12.0. The smallest absolute Gasteiger partial charge is 0.345 e. The molecular formula is C16H17FO4. The molecule has 0 aromatic heterocycles. The highest BCUT2D eigenvalue weighted by Gasteiger charge is 2.35. The van der Waals surface area contributed by atoms with Gasteiger partial charge in [-0.1, -0.05) is 6.92 Å². The van der Waals surface area contributed by atoms with Gasteiger partial charge in [0.25, 0.3) is 0 Å². The SMILES string of the molecule is CCOC(=O)C1=C(c2ccc(F)cc2)OCC(CC)C1=O. The maximum Gasteiger partial charge on any atom is 0.345 e. The molecule has 1 heterocycles. The first-order valence-corrected chi connectivity index (χ1v) is 6.92. The second kappa shape index (κ2) is 6.52. The molecule has 21 heavy (non-hydrogen) atoms. The van der Waals surface area contributed by atoms with Crippen molar-refractivity contribution < 1.29 is 23.5 Å². The maximum atomic E-state index is 13.0. The van der Waals surface area contributed by atoms with Crippen LogP contribution in [-0.2, 0) is 19.1 Å². The molecule has 4 nitrogen and oxygen atoms in total. The Labute approximate surface area is 122 Å². The predicted octanol–water partition coefficient (Wildman–Crippen LogP) is 2.73. The van der Waals surface area contributed by atoms with E-state index in [1.807, 2.05) is 6.92 Å². The Morgan fingerprint density at radius 1 is 1.33 bits per heavy atom. The molecule has 0 amide bonds. The van der Waals surface area contributed by atoms with E-state index in [4.69, 9.17) is 9.47 Å². The van der Waals surface area contributed by atoms with Gasteiger partial charge in [0.2, 0.25) is 0 Å². The number of halogens is 1. The number of benzene rings is 1. The quantitative estimate of drug-likeness (QED) is 0.632. The molecule has 1 aromatic rings. The summed E-state index contributed by atoms with van der Waals surface area (Å²) in [5.41, 5.74) is 0.406. The van der Waals surface area contributed by atoms with Crippen molar-refractivity contribution in [2.45, 2.75) is 20.3 Å². The van der Waals surface area contributed by atoms with Crippen LogP contribution in [0.5, 0.6) is 0 Å². The van der Waals surface area contributed by atoms with E-state index in [0.29, 0.717) is 12.0 Å². The van der Waals surface area contributed by atoms with Crippen LogP contribution in [0.2, 0.25) is 0 Å². The normalized spacial score (nSPS) is 18.4. The van der Waals surface area contributed by atoms with Gasteiger partial charge in [0.05, 0.1) is 19.1 Å². The molecule has 1 aromatic carbocycles. The highest BCUT2D eigenvalue weighted by atomic mass is 19.1. The molecule has 5 heteroatoms. The van der Waals surface area contributed by atoms with Crippen LogP contribution in [0.1, 0.15) is 25.8 Å². The largest absolute Gasteiger partial charge is 0.491 e. The Morgan fingerprint density at radius 3 is 2.57 bits per heavy atom. The minimum atomic E-state index is -0.694. The third-order valence-corrected chi connectivity index (χ3v) is 3.35. The highest BCUT2D eigenvalue weighted by molar-refractivity contribution is 6.23. The summed E-state index contributed by atoms with van der Waals surface area (Å²) < 4.78 is 23.5. The topological polar surface area (TPSA) is 52.6 Å². The lowest BCUT2D eigenvalue weighted by molar-refractivity contribution is -0.141. The first-order chi connectivity index (χ1) is 10.1. The van der Waals surface area contributed by atoms with Crippen molar-refractivity contribution in [3.8, 4) is 0 Å². The van der Waals surface area contributed by atoms with Gasteiger partial charge in [0.15, 0.2) is 5.78 Å². The summed E-state index contributed by atoms with van der Waals surface area (Å²) >= 11 is 0. The van der Waals surface area contributed by atoms with E-state index in [9.17, 15) is 14.0 Å². The van der Waals surface area contributed by atoms with Crippen molar-refractivity contribution in [3.05, 3.63) is 41.2 Å². The van der Waals surface area contributed by atoms with Crippen molar-refractivity contribution in [2.75, 3.05) is 13.2 Å². The lowest BCUT2D eigenvalue weighted by Crippen LogP contribution is -2.31. The summed E-state index contributed by atoms with van der Waals surface area (Å²) in [5, 5.41) is 0. The van der Waals surface area contributed by atoms with Gasteiger partial charge < -0.3 is 9.47 Å². The van der Waals surface area contributed by atoms with Gasteiger partial charge in [0.1, 0.15) is 17.1 Å². The number of carbonyl (C=O) groups excluding carboxylic acids is 2. The van der Waals surface area contributed by atoms with Crippen molar-refractivity contribution in [2.24, 2.45) is 5.92 Å². The Hall–Kier alpha value is -2.17. The molecule has 0 fully saturated rings. The monoisotopic (exact) mass is 292 g/mol. The molecule has 0 bridgehead atoms. The zero-order valence-corrected chi connectivity index (χ0v) is 12.0. The van der Waals surface area contributed by atoms with Crippen molar-refractivity contribution in [1.82, 2.24) is 0 Å². The van der Waals surface area contributed by atoms with Gasteiger partial charge in [-0.05, 0) is 37.6 Å². The molecule has 1 aliphatic rings. The fourth-order valence-corrected chi connectivity index (χ4v) is 2.18. The molecule has 0 radical (unpaired) electrons. The van der Waals surface area contributed by atoms with E-state index in [0.717, 1.165) is 0 Å². The van der Waals surface area contributed by atoms with Crippen molar-refractivity contribution in [1.29, 1.82) is 0 Å². The summed E-state index contributed by atoms with van der Waals surface area (Å²) in [4.78, 5) is 24.5. The predicted molar refractivity (Wildman–Crippen MR) is 74.7 cm³/mol. The van der Waals surface area contributed by atoms with E-state index >= 15 is 0 Å². The second-order valence-corrected chi connectivity index (χ2v) is 4.71. The van der Waals surface area contributed by atoms with Crippen LogP contribution in [0.25, 0.3) is 5.76 Å². The maximum absolute atomic E-state index is 13.0. The first-order valence-electron chi connectivity index (χ1n) is 6.92. The third-order valence-electron chi connectivity index (χ3n) is 3.35. The molecule has 1 aliphatic heterocycles. The van der Waals surface area contributed by atoms with Crippen LogP contribution < -0.4 is 0 Å². The second-order valence-electron chi connectivity index (χ2n) is 4.71. The number of ether oxygens (including phenoxy) is 2. The number of ketones is 1. The molecule has 0 N–H and O–H groups in total. The molecule has 1 unspecified atom stereocenters. The number of hydrogen-bond donors (Lipinski definition) is 0. The number of Topliss-reactive ketones (excluding diaryl/α,β-unsaturated/α-hetero) is 1. The fourth-order valence-electron chi connectivity index (χ4n) is 2.18. The van der Waals surface area contributed by atoms with E-state index in [-0.39, 0.29) is 36.2 Å². The first kappa shape index (κ1) is 15.2. The van der Waals surface area contributed by atoms with Crippen LogP contribution in [-0.4, -0.2) is 25.0 Å². The van der Waals surface area contributed by atoms with Crippen molar-refractivity contribution >= 4 is 17.5 Å². The van der Waals surface area contributed by atoms with Crippen LogP contribution >= 0.6 is 0 Å². The van der Waals surface area contributed by atoms with Gasteiger partial charge in [-0.3, -0.25) is 4.79 Å². The highest BCUT2D eigenvalue weighted by Crippen LogP contribution is 2.30. The number of rotatable bonds is 4. The van der Waals surface area contributed by atoms with E-state index in [2.05, 4.69) is 0 Å². The summed E-state index contributed by atoms with van der Waals surface area (Å²) in [6, 6.07) is 5.46. The molecule has 0 saturated carbocycles. The lowest BCUT2D eigenvalue weighted by atomic mass is 9.91. The standard InChI is InChI=1S/C16H17FO4/c1-3-10-9-21-15(11-5-7-12(17)8-6-11)13(14(10)18)16(19)20-4-2/h5-8,10H,3-4,9H2,1-2H3. The molecule has 1 atom stereocenters. The summed E-state index contributed by atoms with van der Waals surface area (Å²) in [5.74, 6) is -1.55. The van der Waals surface area contributed by atoms with Gasteiger partial charge in [-0.25, -0.2) is 9.18 Å². The molecule has 0 aliphatic carbocycles. The van der Waals surface area contributed by atoms with Gasteiger partial charge in [0, 0.05) is 5.56 Å². The van der Waals surface area contributed by atoms with E-state index in [1.165, 1.54) is 24.3 Å². The average molecular weight is 292 g/mol. The Kier molecular flexibility index (Phi) is 4.73. The van der Waals surface area contributed by atoms with Gasteiger partial charge in [-0.15, -0.1) is 0 Å². The molecule has 0 spiro atoms. The molecular weight excluding hydrogens is 275 g/mol. The minimum absolute atomic E-state index is 0.0819. The Balaban J connectivity index is 2.49. The Bertz CT molecular complexity index is 574. The van der Waals surface area contributed by atoms with Gasteiger partial charge in [-0.2, -0.15) is 0 Å². The number of hydrogen-bond acceptors (Lipinski definition) is 4.